The molecule has 0 atom stereocenters. The van der Waals surface area contributed by atoms with E-state index in [1.165, 1.54) is 13.3 Å². The van der Waals surface area contributed by atoms with Crippen LogP contribution in [0.1, 0.15) is 31.4 Å². The van der Waals surface area contributed by atoms with Gasteiger partial charge in [0.25, 0.3) is 0 Å². The van der Waals surface area contributed by atoms with Crippen molar-refractivity contribution in [2.75, 3.05) is 11.9 Å². The van der Waals surface area contributed by atoms with Crippen LogP contribution in [0.5, 0.6) is 0 Å². The van der Waals surface area contributed by atoms with E-state index in [-0.39, 0.29) is 11.1 Å². The fraction of sp³-hybridized carbons (Fsp3) is 0.375. The Morgan fingerprint density at radius 3 is 2.52 bits per heavy atom. The lowest BCUT2D eigenvalue weighted by Gasteiger charge is -2.14. The molecule has 0 fully saturated rings. The molecular weight excluding hydrogens is 272 g/mol. The molecule has 1 heterocycles. The molecule has 0 bridgehead atoms. The third-order valence-corrected chi connectivity index (χ3v) is 3.37. The minimum absolute atomic E-state index is 0.178. The molecule has 0 amide bonds. The summed E-state index contributed by atoms with van der Waals surface area (Å²) in [6, 6.07) is 3.13. The summed E-state index contributed by atoms with van der Waals surface area (Å²) in [6.45, 7) is 6.31. The topological polar surface area (TPSA) is 37.8 Å². The summed E-state index contributed by atoms with van der Waals surface area (Å²) in [5, 5.41) is 3.20. The van der Waals surface area contributed by atoms with Gasteiger partial charge in [0.2, 0.25) is 0 Å². The molecule has 0 aliphatic heterocycles. The Labute approximate surface area is 123 Å². The first-order valence-corrected chi connectivity index (χ1v) is 7.12. The average Bonchev–Trinajstić information content (AvgIpc) is 2.50. The van der Waals surface area contributed by atoms with E-state index in [1.807, 2.05) is 6.92 Å². The molecule has 5 heteroatoms. The molecule has 0 saturated heterocycles. The maximum Gasteiger partial charge on any atom is 0.168 e. The van der Waals surface area contributed by atoms with Gasteiger partial charge in [0, 0.05) is 17.7 Å². The second-order valence-electron chi connectivity index (χ2n) is 4.89. The van der Waals surface area contributed by atoms with Crippen LogP contribution in [0.25, 0.3) is 11.3 Å². The third-order valence-electron chi connectivity index (χ3n) is 3.37. The van der Waals surface area contributed by atoms with Crippen molar-refractivity contribution in [2.24, 2.45) is 0 Å². The Balaban J connectivity index is 2.56. The third kappa shape index (κ3) is 3.01. The van der Waals surface area contributed by atoms with Crippen molar-refractivity contribution in [3.05, 3.63) is 41.2 Å². The number of benzene rings is 1. The number of hydrogen-bond acceptors (Lipinski definition) is 3. The Kier molecular flexibility index (Phi) is 4.83. The minimum Gasteiger partial charge on any atom is -0.370 e. The normalized spacial score (nSPS) is 10.7. The van der Waals surface area contributed by atoms with Crippen molar-refractivity contribution in [3.63, 3.8) is 0 Å². The Morgan fingerprint density at radius 1 is 1.10 bits per heavy atom. The number of rotatable bonds is 5. The molecule has 0 radical (unpaired) electrons. The molecule has 0 aliphatic rings. The standard InChI is InChI=1S/C16H19F2N3/c1-4-8-19-16-11(5-2)15(20-9-21-16)12-7-6-10(3)13(17)14(12)18/h6-7,9H,4-5,8H2,1-3H3,(H,19,20,21). The predicted molar refractivity (Wildman–Crippen MR) is 80.3 cm³/mol. The van der Waals surface area contributed by atoms with E-state index < -0.39 is 11.6 Å². The van der Waals surface area contributed by atoms with Gasteiger partial charge in [-0.25, -0.2) is 18.7 Å². The summed E-state index contributed by atoms with van der Waals surface area (Å²) in [5.41, 5.74) is 1.71. The van der Waals surface area contributed by atoms with Gasteiger partial charge in [-0.1, -0.05) is 19.9 Å². The molecule has 0 saturated carbocycles. The first kappa shape index (κ1) is 15.4. The van der Waals surface area contributed by atoms with Crippen LogP contribution in [0.2, 0.25) is 0 Å². The molecule has 0 spiro atoms. The zero-order valence-corrected chi connectivity index (χ0v) is 12.5. The van der Waals surface area contributed by atoms with Crippen molar-refractivity contribution >= 4 is 5.82 Å². The molecule has 3 nitrogen and oxygen atoms in total. The maximum absolute atomic E-state index is 14.2. The van der Waals surface area contributed by atoms with Gasteiger partial charge in [-0.15, -0.1) is 0 Å². The maximum atomic E-state index is 14.2. The lowest BCUT2D eigenvalue weighted by atomic mass is 10.0. The Bertz CT molecular complexity index is 642. The van der Waals surface area contributed by atoms with E-state index in [0.29, 0.717) is 17.9 Å². The number of aromatic nitrogens is 2. The average molecular weight is 291 g/mol. The van der Waals surface area contributed by atoms with Crippen LogP contribution in [0.15, 0.2) is 18.5 Å². The lowest BCUT2D eigenvalue weighted by molar-refractivity contribution is 0.505. The highest BCUT2D eigenvalue weighted by Gasteiger charge is 2.18. The molecule has 0 unspecified atom stereocenters. The van der Waals surface area contributed by atoms with Gasteiger partial charge >= 0.3 is 0 Å². The van der Waals surface area contributed by atoms with Gasteiger partial charge in [-0.05, 0) is 31.4 Å². The fourth-order valence-electron chi connectivity index (χ4n) is 2.20. The van der Waals surface area contributed by atoms with Crippen LogP contribution < -0.4 is 5.32 Å². The van der Waals surface area contributed by atoms with Crippen LogP contribution in [0, 0.1) is 18.6 Å². The van der Waals surface area contributed by atoms with E-state index in [1.54, 1.807) is 12.1 Å². The summed E-state index contributed by atoms with van der Waals surface area (Å²) in [5.74, 6) is -0.995. The molecule has 1 aromatic heterocycles. The smallest absolute Gasteiger partial charge is 0.168 e. The molecule has 0 aliphatic carbocycles. The van der Waals surface area contributed by atoms with Crippen LogP contribution in [-0.4, -0.2) is 16.5 Å². The van der Waals surface area contributed by atoms with Crippen molar-refractivity contribution in [1.29, 1.82) is 0 Å². The summed E-state index contributed by atoms with van der Waals surface area (Å²) in [4.78, 5) is 8.37. The number of halogens is 2. The summed E-state index contributed by atoms with van der Waals surface area (Å²) >= 11 is 0. The SMILES string of the molecule is CCCNc1ncnc(-c2ccc(C)c(F)c2F)c1CC. The highest BCUT2D eigenvalue weighted by atomic mass is 19.2. The van der Waals surface area contributed by atoms with Crippen molar-refractivity contribution in [1.82, 2.24) is 9.97 Å². The molecule has 2 aromatic rings. The van der Waals surface area contributed by atoms with Crippen molar-refractivity contribution < 1.29 is 8.78 Å². The zero-order chi connectivity index (χ0) is 15.4. The Hall–Kier alpha value is -2.04. The van der Waals surface area contributed by atoms with E-state index in [0.717, 1.165) is 18.5 Å². The highest BCUT2D eigenvalue weighted by molar-refractivity contribution is 5.69. The number of nitrogens with one attached hydrogen (secondary N) is 1. The Morgan fingerprint density at radius 2 is 1.86 bits per heavy atom. The highest BCUT2D eigenvalue weighted by Crippen LogP contribution is 2.30. The number of hydrogen-bond donors (Lipinski definition) is 1. The first-order chi connectivity index (χ1) is 10.1. The minimum atomic E-state index is -0.857. The monoisotopic (exact) mass is 291 g/mol. The second-order valence-corrected chi connectivity index (χ2v) is 4.89. The van der Waals surface area contributed by atoms with E-state index in [4.69, 9.17) is 0 Å². The van der Waals surface area contributed by atoms with Gasteiger partial charge in [0.05, 0.1) is 5.69 Å². The number of nitrogens with zero attached hydrogens (tertiary/aromatic N) is 2. The summed E-state index contributed by atoms with van der Waals surface area (Å²) in [7, 11) is 0. The first-order valence-electron chi connectivity index (χ1n) is 7.12. The molecule has 1 aromatic carbocycles. The van der Waals surface area contributed by atoms with Crippen LogP contribution in [0.3, 0.4) is 0 Å². The van der Waals surface area contributed by atoms with E-state index in [9.17, 15) is 8.78 Å². The van der Waals surface area contributed by atoms with Gasteiger partial charge < -0.3 is 5.32 Å². The zero-order valence-electron chi connectivity index (χ0n) is 12.5. The molecular formula is C16H19F2N3. The van der Waals surface area contributed by atoms with E-state index in [2.05, 4.69) is 22.2 Å². The van der Waals surface area contributed by atoms with Gasteiger partial charge in [-0.3, -0.25) is 0 Å². The summed E-state index contributed by atoms with van der Waals surface area (Å²) < 4.78 is 28.0. The lowest BCUT2D eigenvalue weighted by Crippen LogP contribution is -2.08. The predicted octanol–water partition coefficient (Wildman–Crippen LogP) is 4.11. The molecule has 21 heavy (non-hydrogen) atoms. The van der Waals surface area contributed by atoms with Gasteiger partial charge in [0.15, 0.2) is 11.6 Å². The largest absolute Gasteiger partial charge is 0.370 e. The van der Waals surface area contributed by atoms with Crippen LogP contribution in [-0.2, 0) is 6.42 Å². The quantitative estimate of drug-likeness (QED) is 0.900. The van der Waals surface area contributed by atoms with Gasteiger partial charge in [-0.2, -0.15) is 0 Å². The fourth-order valence-corrected chi connectivity index (χ4v) is 2.20. The number of aryl methyl sites for hydroxylation is 1. The molecule has 2 rings (SSSR count). The van der Waals surface area contributed by atoms with Crippen LogP contribution >= 0.6 is 0 Å². The molecule has 1 N–H and O–H groups in total. The summed E-state index contributed by atoms with van der Waals surface area (Å²) in [6.07, 6.45) is 2.97. The van der Waals surface area contributed by atoms with Gasteiger partial charge in [0.1, 0.15) is 12.1 Å². The van der Waals surface area contributed by atoms with Crippen molar-refractivity contribution in [2.45, 2.75) is 33.6 Å². The second kappa shape index (κ2) is 6.61. The van der Waals surface area contributed by atoms with Crippen molar-refractivity contribution in [3.8, 4) is 11.3 Å². The molecule has 112 valence electrons. The number of anilines is 1. The van der Waals surface area contributed by atoms with E-state index >= 15 is 0 Å². The van der Waals surface area contributed by atoms with Crippen LogP contribution in [0.4, 0.5) is 14.6 Å².